The summed E-state index contributed by atoms with van der Waals surface area (Å²) in [5, 5.41) is 2.78. The van der Waals surface area contributed by atoms with Crippen molar-refractivity contribution in [2.45, 2.75) is 26.9 Å². The molecule has 1 amide bonds. The van der Waals surface area contributed by atoms with Crippen LogP contribution in [0.25, 0.3) is 0 Å². The van der Waals surface area contributed by atoms with Gasteiger partial charge in [0.05, 0.1) is 0 Å². The summed E-state index contributed by atoms with van der Waals surface area (Å²) in [6.45, 7) is 6.36. The van der Waals surface area contributed by atoms with Crippen LogP contribution in [0, 0.1) is 5.92 Å². The Labute approximate surface area is 119 Å². The number of thiocarbonyl (C=S) groups is 1. The van der Waals surface area contributed by atoms with Crippen LogP contribution in [0.5, 0.6) is 0 Å². The molecule has 1 unspecified atom stereocenters. The molecule has 0 aliphatic rings. The standard InChI is InChI=1S/C14H20N2O2S/c1-9(2)8-18-10(3)14(17)16-12-6-4-5-11(7-12)13(15)19/h4-7,9-10H,8H2,1-3H3,(H2,15,19)(H,16,17). The first-order valence-electron chi connectivity index (χ1n) is 6.22. The Morgan fingerprint density at radius 1 is 1.42 bits per heavy atom. The average molecular weight is 280 g/mol. The monoisotopic (exact) mass is 280 g/mol. The zero-order valence-electron chi connectivity index (χ0n) is 11.5. The predicted octanol–water partition coefficient (Wildman–Crippen LogP) is 2.32. The van der Waals surface area contributed by atoms with E-state index in [9.17, 15) is 4.79 Å². The Morgan fingerprint density at radius 3 is 2.68 bits per heavy atom. The Hall–Kier alpha value is -1.46. The first kappa shape index (κ1) is 15.6. The van der Waals surface area contributed by atoms with E-state index in [0.717, 1.165) is 5.56 Å². The third-order valence-corrected chi connectivity index (χ3v) is 2.70. The number of carbonyl (C=O) groups is 1. The molecule has 3 N–H and O–H groups in total. The maximum Gasteiger partial charge on any atom is 0.253 e. The van der Waals surface area contributed by atoms with Gasteiger partial charge in [-0.05, 0) is 25.0 Å². The molecule has 0 aromatic heterocycles. The van der Waals surface area contributed by atoms with E-state index in [1.165, 1.54) is 0 Å². The molecule has 0 bridgehead atoms. The normalized spacial score (nSPS) is 12.2. The maximum atomic E-state index is 11.9. The third kappa shape index (κ3) is 5.36. The van der Waals surface area contributed by atoms with E-state index in [1.807, 2.05) is 13.8 Å². The van der Waals surface area contributed by atoms with E-state index in [0.29, 0.717) is 23.2 Å². The van der Waals surface area contributed by atoms with E-state index < -0.39 is 6.10 Å². The summed E-state index contributed by atoms with van der Waals surface area (Å²) in [6.07, 6.45) is -0.490. The maximum absolute atomic E-state index is 11.9. The molecule has 5 heteroatoms. The highest BCUT2D eigenvalue weighted by Crippen LogP contribution is 2.11. The zero-order chi connectivity index (χ0) is 14.4. The van der Waals surface area contributed by atoms with Gasteiger partial charge >= 0.3 is 0 Å². The fourth-order valence-electron chi connectivity index (χ4n) is 1.41. The van der Waals surface area contributed by atoms with Crippen molar-refractivity contribution >= 4 is 28.8 Å². The Morgan fingerprint density at radius 2 is 2.11 bits per heavy atom. The number of benzene rings is 1. The fourth-order valence-corrected chi connectivity index (χ4v) is 1.53. The number of nitrogens with two attached hydrogens (primary N) is 1. The smallest absolute Gasteiger partial charge is 0.253 e. The van der Waals surface area contributed by atoms with Crippen molar-refractivity contribution < 1.29 is 9.53 Å². The highest BCUT2D eigenvalue weighted by molar-refractivity contribution is 7.80. The van der Waals surface area contributed by atoms with Crippen molar-refractivity contribution in [1.29, 1.82) is 0 Å². The molecule has 0 spiro atoms. The lowest BCUT2D eigenvalue weighted by Crippen LogP contribution is -2.29. The van der Waals surface area contributed by atoms with Crippen LogP contribution in [-0.2, 0) is 9.53 Å². The number of carbonyl (C=O) groups excluding carboxylic acids is 1. The minimum Gasteiger partial charge on any atom is -0.389 e. The largest absolute Gasteiger partial charge is 0.389 e. The van der Waals surface area contributed by atoms with Crippen molar-refractivity contribution in [3.63, 3.8) is 0 Å². The molecule has 1 aromatic carbocycles. The Balaban J connectivity index is 2.61. The van der Waals surface area contributed by atoms with E-state index in [4.69, 9.17) is 22.7 Å². The molecule has 4 nitrogen and oxygen atoms in total. The molecular weight excluding hydrogens is 260 g/mol. The minimum atomic E-state index is -0.490. The van der Waals surface area contributed by atoms with Gasteiger partial charge in [-0.25, -0.2) is 0 Å². The van der Waals surface area contributed by atoms with Crippen molar-refractivity contribution in [3.8, 4) is 0 Å². The van der Waals surface area contributed by atoms with Crippen LogP contribution in [0.15, 0.2) is 24.3 Å². The second-order valence-electron chi connectivity index (χ2n) is 4.80. The molecule has 19 heavy (non-hydrogen) atoms. The number of hydrogen-bond donors (Lipinski definition) is 2. The third-order valence-electron chi connectivity index (χ3n) is 2.46. The predicted molar refractivity (Wildman–Crippen MR) is 81.2 cm³/mol. The summed E-state index contributed by atoms with van der Waals surface area (Å²) in [7, 11) is 0. The van der Waals surface area contributed by atoms with Gasteiger partial charge in [-0.3, -0.25) is 4.79 Å². The van der Waals surface area contributed by atoms with Gasteiger partial charge in [-0.2, -0.15) is 0 Å². The van der Waals surface area contributed by atoms with Crippen LogP contribution in [0.2, 0.25) is 0 Å². The number of rotatable bonds is 6. The molecule has 0 fully saturated rings. The molecule has 0 saturated carbocycles. The fraction of sp³-hybridized carbons (Fsp3) is 0.429. The van der Waals surface area contributed by atoms with Gasteiger partial charge in [-0.1, -0.05) is 38.2 Å². The Kier molecular flexibility index (Phi) is 5.92. The van der Waals surface area contributed by atoms with Crippen LogP contribution >= 0.6 is 12.2 Å². The second kappa shape index (κ2) is 7.21. The molecule has 0 heterocycles. The topological polar surface area (TPSA) is 64.3 Å². The van der Waals surface area contributed by atoms with Gasteiger partial charge in [0.1, 0.15) is 11.1 Å². The van der Waals surface area contributed by atoms with Crippen LogP contribution in [0.1, 0.15) is 26.3 Å². The van der Waals surface area contributed by atoms with Crippen molar-refractivity contribution in [2.75, 3.05) is 11.9 Å². The lowest BCUT2D eigenvalue weighted by Gasteiger charge is -2.15. The number of ether oxygens (including phenoxy) is 1. The van der Waals surface area contributed by atoms with E-state index >= 15 is 0 Å². The first-order valence-corrected chi connectivity index (χ1v) is 6.63. The Bertz CT molecular complexity index is 461. The molecule has 1 rings (SSSR count). The highest BCUT2D eigenvalue weighted by atomic mass is 32.1. The summed E-state index contributed by atoms with van der Waals surface area (Å²) in [4.78, 5) is 12.2. The zero-order valence-corrected chi connectivity index (χ0v) is 12.3. The highest BCUT2D eigenvalue weighted by Gasteiger charge is 2.14. The lowest BCUT2D eigenvalue weighted by molar-refractivity contribution is -0.126. The van der Waals surface area contributed by atoms with Gasteiger partial charge in [0.15, 0.2) is 0 Å². The summed E-state index contributed by atoms with van der Waals surface area (Å²) < 4.78 is 5.45. The van der Waals surface area contributed by atoms with Gasteiger partial charge in [0, 0.05) is 17.9 Å². The SMILES string of the molecule is CC(C)COC(C)C(=O)Nc1cccc(C(N)=S)c1. The lowest BCUT2D eigenvalue weighted by atomic mass is 10.2. The number of anilines is 1. The molecule has 0 aliphatic heterocycles. The van der Waals surface area contributed by atoms with Crippen LogP contribution in [0.4, 0.5) is 5.69 Å². The average Bonchev–Trinajstić information content (AvgIpc) is 2.36. The molecule has 0 saturated heterocycles. The molecule has 104 valence electrons. The van der Waals surface area contributed by atoms with E-state index in [-0.39, 0.29) is 5.91 Å². The molecular formula is C14H20N2O2S. The molecule has 1 atom stereocenters. The molecule has 0 radical (unpaired) electrons. The van der Waals surface area contributed by atoms with Gasteiger partial charge in [-0.15, -0.1) is 0 Å². The van der Waals surface area contributed by atoms with E-state index in [1.54, 1.807) is 31.2 Å². The minimum absolute atomic E-state index is 0.180. The van der Waals surface area contributed by atoms with Crippen molar-refractivity contribution in [2.24, 2.45) is 11.7 Å². The van der Waals surface area contributed by atoms with Crippen molar-refractivity contribution in [3.05, 3.63) is 29.8 Å². The number of nitrogens with one attached hydrogen (secondary N) is 1. The molecule has 1 aromatic rings. The first-order chi connectivity index (χ1) is 8.90. The number of hydrogen-bond acceptors (Lipinski definition) is 3. The van der Waals surface area contributed by atoms with E-state index in [2.05, 4.69) is 5.32 Å². The van der Waals surface area contributed by atoms with Crippen LogP contribution < -0.4 is 11.1 Å². The summed E-state index contributed by atoms with van der Waals surface area (Å²) in [6, 6.07) is 7.13. The van der Waals surface area contributed by atoms with Gasteiger partial charge in [0.25, 0.3) is 5.91 Å². The number of amides is 1. The summed E-state index contributed by atoms with van der Waals surface area (Å²) in [5.74, 6) is 0.217. The summed E-state index contributed by atoms with van der Waals surface area (Å²) in [5.41, 5.74) is 6.94. The second-order valence-corrected chi connectivity index (χ2v) is 5.24. The molecule has 0 aliphatic carbocycles. The van der Waals surface area contributed by atoms with Crippen LogP contribution in [0.3, 0.4) is 0 Å². The van der Waals surface area contributed by atoms with Crippen LogP contribution in [-0.4, -0.2) is 23.6 Å². The van der Waals surface area contributed by atoms with Crippen molar-refractivity contribution in [1.82, 2.24) is 0 Å². The van der Waals surface area contributed by atoms with Gasteiger partial charge in [0.2, 0.25) is 0 Å². The van der Waals surface area contributed by atoms with Gasteiger partial charge < -0.3 is 15.8 Å². The summed E-state index contributed by atoms with van der Waals surface area (Å²) >= 11 is 4.90. The quantitative estimate of drug-likeness (QED) is 0.785.